The minimum absolute atomic E-state index is 0.929. The topological polar surface area (TPSA) is 0 Å². The fourth-order valence-electron chi connectivity index (χ4n) is 2.57. The number of hydrogen-bond acceptors (Lipinski definition) is 1. The van der Waals surface area contributed by atoms with Gasteiger partial charge in [0.2, 0.25) is 0 Å². The maximum absolute atomic E-state index is 4.32. The molecule has 1 aromatic rings. The van der Waals surface area contributed by atoms with Crippen LogP contribution in [0, 0.1) is 5.92 Å². The Kier molecular flexibility index (Phi) is 9.92. The van der Waals surface area contributed by atoms with Crippen LogP contribution in [0.3, 0.4) is 0 Å². The second-order valence-electron chi connectivity index (χ2n) is 6.19. The van der Waals surface area contributed by atoms with E-state index in [4.69, 9.17) is 0 Å². The van der Waals surface area contributed by atoms with Crippen LogP contribution in [-0.2, 0) is 6.42 Å². The monoisotopic (exact) mass is 292 g/mol. The van der Waals surface area contributed by atoms with Gasteiger partial charge in [-0.3, -0.25) is 0 Å². The lowest BCUT2D eigenvalue weighted by molar-refractivity contribution is 0.470. The molecule has 1 heteroatoms. The molecule has 0 radical (unpaired) electrons. The maximum Gasteiger partial charge on any atom is 0.00401 e. The van der Waals surface area contributed by atoms with Gasteiger partial charge in [0.1, 0.15) is 0 Å². The lowest BCUT2D eigenvalue weighted by Crippen LogP contribution is -1.91. The zero-order valence-corrected chi connectivity index (χ0v) is 14.3. The predicted molar refractivity (Wildman–Crippen MR) is 93.8 cm³/mol. The van der Waals surface area contributed by atoms with Crippen molar-refractivity contribution in [3.63, 3.8) is 0 Å². The zero-order valence-electron chi connectivity index (χ0n) is 13.4. The summed E-state index contributed by atoms with van der Waals surface area (Å²) in [5.74, 6) is 0.929. The Bertz CT molecular complexity index is 328. The van der Waals surface area contributed by atoms with E-state index in [1.54, 1.807) is 0 Å². The Morgan fingerprint density at radius 2 is 1.40 bits per heavy atom. The van der Waals surface area contributed by atoms with Crippen molar-refractivity contribution in [2.75, 3.05) is 0 Å². The van der Waals surface area contributed by atoms with E-state index in [1.165, 1.54) is 69.8 Å². The Hall–Kier alpha value is -0.430. The summed E-state index contributed by atoms with van der Waals surface area (Å²) in [4.78, 5) is 1.06. The molecule has 0 heterocycles. The van der Waals surface area contributed by atoms with Crippen LogP contribution in [0.2, 0.25) is 0 Å². The van der Waals surface area contributed by atoms with Crippen LogP contribution in [0.15, 0.2) is 29.2 Å². The van der Waals surface area contributed by atoms with Gasteiger partial charge in [-0.15, -0.1) is 12.6 Å². The normalized spacial score (nSPS) is 12.6. The average Bonchev–Trinajstić information content (AvgIpc) is 2.47. The van der Waals surface area contributed by atoms with Crippen molar-refractivity contribution < 1.29 is 0 Å². The first-order valence-corrected chi connectivity index (χ1v) is 8.95. The smallest absolute Gasteiger partial charge is 0.00401 e. The first-order chi connectivity index (χ1) is 9.72. The molecule has 20 heavy (non-hydrogen) atoms. The van der Waals surface area contributed by atoms with E-state index < -0.39 is 0 Å². The van der Waals surface area contributed by atoms with Crippen molar-refractivity contribution >= 4 is 12.6 Å². The van der Waals surface area contributed by atoms with E-state index in [0.717, 1.165) is 10.8 Å². The third-order valence-electron chi connectivity index (χ3n) is 4.30. The Morgan fingerprint density at radius 1 is 0.850 bits per heavy atom. The van der Waals surface area contributed by atoms with Crippen LogP contribution in [-0.4, -0.2) is 0 Å². The maximum atomic E-state index is 4.32. The van der Waals surface area contributed by atoms with Gasteiger partial charge >= 0.3 is 0 Å². The number of aryl methyl sites for hydroxylation is 1. The van der Waals surface area contributed by atoms with Crippen LogP contribution >= 0.6 is 12.6 Å². The number of benzene rings is 1. The van der Waals surface area contributed by atoms with Gasteiger partial charge < -0.3 is 0 Å². The molecule has 0 amide bonds. The fourth-order valence-corrected chi connectivity index (χ4v) is 2.72. The van der Waals surface area contributed by atoms with Crippen molar-refractivity contribution in [2.24, 2.45) is 5.92 Å². The Morgan fingerprint density at radius 3 is 2.00 bits per heavy atom. The highest BCUT2D eigenvalue weighted by Gasteiger charge is 1.98. The Labute approximate surface area is 131 Å². The average molecular weight is 293 g/mol. The molecule has 1 unspecified atom stereocenters. The van der Waals surface area contributed by atoms with E-state index in [9.17, 15) is 0 Å². The summed E-state index contributed by atoms with van der Waals surface area (Å²) < 4.78 is 0. The van der Waals surface area contributed by atoms with E-state index >= 15 is 0 Å². The largest absolute Gasteiger partial charge is 0.143 e. The predicted octanol–water partition coefficient (Wildman–Crippen LogP) is 6.68. The summed E-state index contributed by atoms with van der Waals surface area (Å²) >= 11 is 4.32. The summed E-state index contributed by atoms with van der Waals surface area (Å²) in [6.07, 6.45) is 13.9. The van der Waals surface area contributed by atoms with E-state index in [1.807, 2.05) is 0 Å². The van der Waals surface area contributed by atoms with Crippen molar-refractivity contribution in [1.82, 2.24) is 0 Å². The van der Waals surface area contributed by atoms with Gasteiger partial charge in [-0.1, -0.05) is 77.3 Å². The number of thiol groups is 1. The van der Waals surface area contributed by atoms with Crippen molar-refractivity contribution in [2.45, 2.75) is 83.0 Å². The molecule has 0 N–H and O–H groups in total. The molecule has 0 aromatic heterocycles. The van der Waals surface area contributed by atoms with Gasteiger partial charge in [-0.25, -0.2) is 0 Å². The highest BCUT2D eigenvalue weighted by atomic mass is 32.1. The molecule has 0 aliphatic heterocycles. The van der Waals surface area contributed by atoms with Gasteiger partial charge in [0, 0.05) is 4.90 Å². The molecule has 0 saturated carbocycles. The molecular weight excluding hydrogens is 260 g/mol. The van der Waals surface area contributed by atoms with Crippen LogP contribution in [0.1, 0.15) is 77.2 Å². The molecule has 0 spiro atoms. The molecule has 0 saturated heterocycles. The first kappa shape index (κ1) is 17.6. The molecule has 0 nitrogen and oxygen atoms in total. The molecule has 114 valence electrons. The van der Waals surface area contributed by atoms with E-state index in [-0.39, 0.29) is 0 Å². The third-order valence-corrected chi connectivity index (χ3v) is 4.59. The molecule has 1 rings (SSSR count). The first-order valence-electron chi connectivity index (χ1n) is 8.50. The van der Waals surface area contributed by atoms with E-state index in [0.29, 0.717) is 0 Å². The highest BCUT2D eigenvalue weighted by molar-refractivity contribution is 7.80. The van der Waals surface area contributed by atoms with Gasteiger partial charge in [-0.05, 0) is 36.5 Å². The standard InChI is InChI=1S/C19H32S/c1-3-17(2)11-9-7-5-4-6-8-10-12-18-13-15-19(20)16-14-18/h13-17,20H,3-12H2,1-2H3. The summed E-state index contributed by atoms with van der Waals surface area (Å²) in [6, 6.07) is 8.60. The lowest BCUT2D eigenvalue weighted by Gasteiger charge is -2.07. The fraction of sp³-hybridized carbons (Fsp3) is 0.684. The van der Waals surface area contributed by atoms with Gasteiger partial charge in [0.25, 0.3) is 0 Å². The molecule has 0 aliphatic rings. The quantitative estimate of drug-likeness (QED) is 0.341. The SMILES string of the molecule is CCC(C)CCCCCCCCCc1ccc(S)cc1. The summed E-state index contributed by atoms with van der Waals surface area (Å²) in [5, 5.41) is 0. The summed E-state index contributed by atoms with van der Waals surface area (Å²) in [6.45, 7) is 4.68. The Balaban J connectivity index is 1.89. The highest BCUT2D eigenvalue weighted by Crippen LogP contribution is 2.15. The van der Waals surface area contributed by atoms with Crippen LogP contribution in [0.25, 0.3) is 0 Å². The van der Waals surface area contributed by atoms with Crippen molar-refractivity contribution in [3.8, 4) is 0 Å². The minimum Gasteiger partial charge on any atom is -0.143 e. The number of rotatable bonds is 11. The van der Waals surface area contributed by atoms with Gasteiger partial charge in [0.15, 0.2) is 0 Å². The van der Waals surface area contributed by atoms with Crippen LogP contribution < -0.4 is 0 Å². The molecule has 0 fully saturated rings. The molecule has 1 aromatic carbocycles. The zero-order chi connectivity index (χ0) is 14.6. The second-order valence-corrected chi connectivity index (χ2v) is 6.71. The minimum atomic E-state index is 0.929. The van der Waals surface area contributed by atoms with Crippen LogP contribution in [0.4, 0.5) is 0 Å². The van der Waals surface area contributed by atoms with Gasteiger partial charge in [-0.2, -0.15) is 0 Å². The summed E-state index contributed by atoms with van der Waals surface area (Å²) in [7, 11) is 0. The van der Waals surface area contributed by atoms with Gasteiger partial charge in [0.05, 0.1) is 0 Å². The number of hydrogen-bond donors (Lipinski definition) is 1. The summed E-state index contributed by atoms with van der Waals surface area (Å²) in [5.41, 5.74) is 1.45. The van der Waals surface area contributed by atoms with E-state index in [2.05, 4.69) is 50.7 Å². The molecule has 0 bridgehead atoms. The molecule has 0 aliphatic carbocycles. The lowest BCUT2D eigenvalue weighted by atomic mass is 9.99. The van der Waals surface area contributed by atoms with Crippen LogP contribution in [0.5, 0.6) is 0 Å². The molecule has 1 atom stereocenters. The molecular formula is C19H32S. The number of unbranched alkanes of at least 4 members (excludes halogenated alkanes) is 6. The van der Waals surface area contributed by atoms with Crippen molar-refractivity contribution in [1.29, 1.82) is 0 Å². The van der Waals surface area contributed by atoms with Crippen molar-refractivity contribution in [3.05, 3.63) is 29.8 Å². The second kappa shape index (κ2) is 11.3. The third kappa shape index (κ3) is 8.68.